The molecule has 0 bridgehead atoms. The summed E-state index contributed by atoms with van der Waals surface area (Å²) in [5, 5.41) is 14.0. The number of benzene rings is 1. The van der Waals surface area contributed by atoms with Gasteiger partial charge < -0.3 is 10.5 Å². The summed E-state index contributed by atoms with van der Waals surface area (Å²) in [6.45, 7) is 0.641. The van der Waals surface area contributed by atoms with Crippen LogP contribution < -0.4 is 10.0 Å². The van der Waals surface area contributed by atoms with Gasteiger partial charge in [-0.3, -0.25) is 4.79 Å². The molecule has 0 radical (unpaired) electrons. The Bertz CT molecular complexity index is 619. The summed E-state index contributed by atoms with van der Waals surface area (Å²) in [4.78, 5) is 12.2. The minimum Gasteiger partial charge on any atom is -0.619 e. The fraction of sp³-hybridized carbons (Fsp3) is 0.294. The minimum atomic E-state index is -0.127. The average molecular weight is 282 g/mol. The highest BCUT2D eigenvalue weighted by Crippen LogP contribution is 2.43. The molecule has 1 fully saturated rings. The van der Waals surface area contributed by atoms with Crippen LogP contribution in [0.15, 0.2) is 54.9 Å². The van der Waals surface area contributed by atoms with Crippen LogP contribution in [0.1, 0.15) is 35.2 Å². The molecule has 0 aliphatic heterocycles. The van der Waals surface area contributed by atoms with Crippen LogP contribution >= 0.6 is 0 Å². The van der Waals surface area contributed by atoms with Crippen molar-refractivity contribution in [3.8, 4) is 0 Å². The molecule has 0 unspecified atom stereocenters. The second-order valence-electron chi connectivity index (χ2n) is 5.63. The maximum absolute atomic E-state index is 12.2. The van der Waals surface area contributed by atoms with Crippen molar-refractivity contribution < 1.29 is 9.52 Å². The Morgan fingerprint density at radius 1 is 1.14 bits per heavy atom. The fourth-order valence-electron chi connectivity index (χ4n) is 2.88. The number of nitrogens with one attached hydrogen (secondary N) is 1. The third kappa shape index (κ3) is 2.75. The van der Waals surface area contributed by atoms with Gasteiger partial charge in [-0.15, -0.1) is 0 Å². The summed E-state index contributed by atoms with van der Waals surface area (Å²) in [5.74, 6) is -0.127. The zero-order chi connectivity index (χ0) is 14.7. The number of hydrogen-bond acceptors (Lipinski definition) is 2. The van der Waals surface area contributed by atoms with E-state index in [-0.39, 0.29) is 11.3 Å². The Balaban J connectivity index is 1.68. The van der Waals surface area contributed by atoms with Crippen LogP contribution in [0.5, 0.6) is 0 Å². The van der Waals surface area contributed by atoms with E-state index in [9.17, 15) is 10.0 Å². The molecular weight excluding hydrogens is 264 g/mol. The molecule has 1 aliphatic carbocycles. The highest BCUT2D eigenvalue weighted by Gasteiger charge is 2.38. The smallest absolute Gasteiger partial charge is 0.251 e. The molecule has 108 valence electrons. The van der Waals surface area contributed by atoms with Gasteiger partial charge in [0.1, 0.15) is 0 Å². The second kappa shape index (κ2) is 5.56. The van der Waals surface area contributed by atoms with Gasteiger partial charge in [-0.1, -0.05) is 36.8 Å². The summed E-state index contributed by atoms with van der Waals surface area (Å²) in [5.41, 5.74) is 1.89. The second-order valence-corrected chi connectivity index (χ2v) is 5.63. The zero-order valence-electron chi connectivity index (χ0n) is 11.8. The zero-order valence-corrected chi connectivity index (χ0v) is 11.8. The molecule has 0 spiro atoms. The van der Waals surface area contributed by atoms with Crippen LogP contribution in [-0.4, -0.2) is 12.5 Å². The standard InChI is InChI=1S/C17H18N2O2/c20-16(14-7-11-19(21)12-8-14)18-13-17(9-4-10-17)15-5-2-1-3-6-15/h1-3,5-8,11-12H,4,9-10,13H2,(H,18,20). The van der Waals surface area contributed by atoms with Crippen molar-refractivity contribution in [1.29, 1.82) is 0 Å². The minimum absolute atomic E-state index is 0.0736. The first-order valence-electron chi connectivity index (χ1n) is 7.22. The molecule has 1 saturated carbocycles. The Kier molecular flexibility index (Phi) is 3.60. The van der Waals surface area contributed by atoms with Gasteiger partial charge in [-0.05, 0) is 18.4 Å². The quantitative estimate of drug-likeness (QED) is 0.690. The van der Waals surface area contributed by atoms with Crippen molar-refractivity contribution in [2.75, 3.05) is 6.54 Å². The lowest BCUT2D eigenvalue weighted by Gasteiger charge is -2.42. The molecule has 1 aliphatic rings. The molecule has 1 N–H and O–H groups in total. The fourth-order valence-corrected chi connectivity index (χ4v) is 2.88. The third-order valence-corrected chi connectivity index (χ3v) is 4.35. The number of amides is 1. The first-order chi connectivity index (χ1) is 10.2. The molecule has 0 atom stereocenters. The van der Waals surface area contributed by atoms with Gasteiger partial charge in [0.25, 0.3) is 5.91 Å². The van der Waals surface area contributed by atoms with Crippen molar-refractivity contribution >= 4 is 5.91 Å². The van der Waals surface area contributed by atoms with E-state index in [0.29, 0.717) is 16.8 Å². The third-order valence-electron chi connectivity index (χ3n) is 4.35. The molecule has 2 aromatic rings. The van der Waals surface area contributed by atoms with Crippen LogP contribution in [0.2, 0.25) is 0 Å². The summed E-state index contributed by atoms with van der Waals surface area (Å²) in [6, 6.07) is 13.4. The number of rotatable bonds is 4. The van der Waals surface area contributed by atoms with E-state index >= 15 is 0 Å². The van der Waals surface area contributed by atoms with Crippen LogP contribution in [0, 0.1) is 5.21 Å². The summed E-state index contributed by atoms with van der Waals surface area (Å²) < 4.78 is 0.675. The van der Waals surface area contributed by atoms with Gasteiger partial charge in [0.15, 0.2) is 12.4 Å². The lowest BCUT2D eigenvalue weighted by molar-refractivity contribution is -0.605. The Labute approximate surface area is 124 Å². The number of pyridine rings is 1. The number of aromatic nitrogens is 1. The lowest BCUT2D eigenvalue weighted by Crippen LogP contribution is -2.45. The van der Waals surface area contributed by atoms with E-state index in [4.69, 9.17) is 0 Å². The number of carbonyl (C=O) groups is 1. The molecule has 1 aromatic heterocycles. The molecule has 4 heteroatoms. The van der Waals surface area contributed by atoms with E-state index in [1.54, 1.807) is 0 Å². The largest absolute Gasteiger partial charge is 0.619 e. The number of carbonyl (C=O) groups excluding carboxylic acids is 1. The van der Waals surface area contributed by atoms with Gasteiger partial charge in [0, 0.05) is 24.1 Å². The summed E-state index contributed by atoms with van der Waals surface area (Å²) >= 11 is 0. The Hall–Kier alpha value is -2.36. The highest BCUT2D eigenvalue weighted by atomic mass is 16.5. The molecule has 21 heavy (non-hydrogen) atoms. The summed E-state index contributed by atoms with van der Waals surface area (Å²) in [7, 11) is 0. The van der Waals surface area contributed by atoms with Gasteiger partial charge in [0.2, 0.25) is 0 Å². The van der Waals surface area contributed by atoms with E-state index in [1.165, 1.54) is 36.5 Å². The van der Waals surface area contributed by atoms with Crippen LogP contribution in [0.3, 0.4) is 0 Å². The summed E-state index contributed by atoms with van der Waals surface area (Å²) in [6.07, 6.45) is 6.09. The van der Waals surface area contributed by atoms with Crippen LogP contribution in [0.25, 0.3) is 0 Å². The van der Waals surface area contributed by atoms with Gasteiger partial charge in [0.05, 0.1) is 5.56 Å². The predicted molar refractivity (Wildman–Crippen MR) is 79.7 cm³/mol. The maximum Gasteiger partial charge on any atom is 0.251 e. The topological polar surface area (TPSA) is 56.0 Å². The van der Waals surface area contributed by atoms with Crippen LogP contribution in [0.4, 0.5) is 0 Å². The predicted octanol–water partition coefficient (Wildman–Crippen LogP) is 2.17. The normalized spacial score (nSPS) is 16.0. The molecule has 3 rings (SSSR count). The van der Waals surface area contributed by atoms with Gasteiger partial charge >= 0.3 is 0 Å². The van der Waals surface area contributed by atoms with Crippen molar-refractivity contribution in [1.82, 2.24) is 5.32 Å². The van der Waals surface area contributed by atoms with Crippen molar-refractivity contribution in [3.63, 3.8) is 0 Å². The Morgan fingerprint density at radius 3 is 2.38 bits per heavy atom. The molecule has 4 nitrogen and oxygen atoms in total. The lowest BCUT2D eigenvalue weighted by atomic mass is 9.64. The first-order valence-corrected chi connectivity index (χ1v) is 7.22. The molecule has 0 saturated heterocycles. The number of nitrogens with zero attached hydrogens (tertiary/aromatic N) is 1. The van der Waals surface area contributed by atoms with Gasteiger partial charge in [-0.25, -0.2) is 0 Å². The van der Waals surface area contributed by atoms with Gasteiger partial charge in [-0.2, -0.15) is 4.73 Å². The Morgan fingerprint density at radius 2 is 1.81 bits per heavy atom. The van der Waals surface area contributed by atoms with Crippen LogP contribution in [-0.2, 0) is 5.41 Å². The highest BCUT2D eigenvalue weighted by molar-refractivity contribution is 5.93. The van der Waals surface area contributed by atoms with E-state index in [2.05, 4.69) is 17.4 Å². The first kappa shape index (κ1) is 13.6. The van der Waals surface area contributed by atoms with Crippen molar-refractivity contribution in [2.45, 2.75) is 24.7 Å². The molecule has 1 heterocycles. The van der Waals surface area contributed by atoms with E-state index < -0.39 is 0 Å². The SMILES string of the molecule is O=C(NCC1(c2ccccc2)CCC1)c1cc[n+]([O-])cc1. The monoisotopic (exact) mass is 282 g/mol. The van der Waals surface area contributed by atoms with E-state index in [1.807, 2.05) is 18.2 Å². The van der Waals surface area contributed by atoms with E-state index in [0.717, 1.165) is 12.8 Å². The van der Waals surface area contributed by atoms with Crippen molar-refractivity contribution in [2.24, 2.45) is 0 Å². The molecule has 1 aromatic carbocycles. The molecular formula is C17H18N2O2. The van der Waals surface area contributed by atoms with Crippen molar-refractivity contribution in [3.05, 3.63) is 71.2 Å². The average Bonchev–Trinajstić information content (AvgIpc) is 2.48. The maximum atomic E-state index is 12.2. The molecule has 1 amide bonds. The number of hydrogen-bond donors (Lipinski definition) is 1.